The largest absolute Gasteiger partial charge is 0.497 e. The van der Waals surface area contributed by atoms with Gasteiger partial charge in [-0.05, 0) is 24.6 Å². The van der Waals surface area contributed by atoms with Crippen molar-refractivity contribution in [1.82, 2.24) is 14.8 Å². The molecule has 2 rings (SSSR count). The number of H-pyrrole nitrogens is 1. The van der Waals surface area contributed by atoms with E-state index in [1.807, 2.05) is 31.2 Å². The molecule has 0 aliphatic rings. The van der Waals surface area contributed by atoms with Crippen molar-refractivity contribution in [2.24, 2.45) is 0 Å². The first kappa shape index (κ1) is 13.4. The number of methoxy groups -OCH3 is 2. The summed E-state index contributed by atoms with van der Waals surface area (Å²) in [5.41, 5.74) is 0.753. The van der Waals surface area contributed by atoms with Crippen LogP contribution < -0.4 is 10.4 Å². The Morgan fingerprint density at radius 1 is 1.32 bits per heavy atom. The monoisotopic (exact) mass is 263 g/mol. The van der Waals surface area contributed by atoms with Gasteiger partial charge in [0.15, 0.2) is 5.82 Å². The Morgan fingerprint density at radius 2 is 2.00 bits per heavy atom. The van der Waals surface area contributed by atoms with Crippen LogP contribution in [0.2, 0.25) is 0 Å². The summed E-state index contributed by atoms with van der Waals surface area (Å²) in [4.78, 5) is 11.8. The molecule has 1 atom stereocenters. The lowest BCUT2D eigenvalue weighted by Gasteiger charge is -2.11. The number of aromatic nitrogens is 3. The zero-order valence-corrected chi connectivity index (χ0v) is 11.2. The Bertz CT molecular complexity index is 586. The molecule has 2 aromatic rings. The predicted molar refractivity (Wildman–Crippen MR) is 70.4 cm³/mol. The summed E-state index contributed by atoms with van der Waals surface area (Å²) in [5, 5.41) is 6.44. The second kappa shape index (κ2) is 5.71. The number of nitrogens with one attached hydrogen (secondary N) is 1. The highest BCUT2D eigenvalue weighted by atomic mass is 16.5. The maximum atomic E-state index is 11.8. The van der Waals surface area contributed by atoms with Crippen LogP contribution in [0.1, 0.15) is 24.4 Å². The summed E-state index contributed by atoms with van der Waals surface area (Å²) in [5.74, 6) is 1.37. The summed E-state index contributed by atoms with van der Waals surface area (Å²) in [6, 6.07) is 7.55. The van der Waals surface area contributed by atoms with Crippen molar-refractivity contribution in [2.75, 3.05) is 14.2 Å². The van der Waals surface area contributed by atoms with Gasteiger partial charge in [-0.15, -0.1) is 0 Å². The number of nitrogens with zero attached hydrogens (tertiary/aromatic N) is 2. The van der Waals surface area contributed by atoms with E-state index in [-0.39, 0.29) is 11.8 Å². The number of hydrogen-bond donors (Lipinski definition) is 1. The Kier molecular flexibility index (Phi) is 4.01. The molecule has 0 unspecified atom stereocenters. The van der Waals surface area contributed by atoms with Crippen LogP contribution in [-0.2, 0) is 11.3 Å². The lowest BCUT2D eigenvalue weighted by atomic mass is 10.2. The quantitative estimate of drug-likeness (QED) is 0.883. The first-order valence-corrected chi connectivity index (χ1v) is 5.96. The molecule has 0 spiro atoms. The van der Waals surface area contributed by atoms with Crippen LogP contribution in [0.4, 0.5) is 0 Å². The topological polar surface area (TPSA) is 69.1 Å². The zero-order chi connectivity index (χ0) is 13.8. The van der Waals surface area contributed by atoms with E-state index >= 15 is 0 Å². The molecule has 6 nitrogen and oxygen atoms in total. The van der Waals surface area contributed by atoms with E-state index in [2.05, 4.69) is 10.2 Å². The van der Waals surface area contributed by atoms with Crippen molar-refractivity contribution >= 4 is 0 Å². The number of benzene rings is 1. The van der Waals surface area contributed by atoms with Crippen molar-refractivity contribution < 1.29 is 9.47 Å². The van der Waals surface area contributed by atoms with Gasteiger partial charge in [0, 0.05) is 7.11 Å². The van der Waals surface area contributed by atoms with E-state index in [1.54, 1.807) is 18.8 Å². The average molecular weight is 263 g/mol. The molecule has 1 aromatic heterocycles. The first-order valence-electron chi connectivity index (χ1n) is 5.96. The summed E-state index contributed by atoms with van der Waals surface area (Å²) >= 11 is 0. The molecule has 0 aliphatic heterocycles. The van der Waals surface area contributed by atoms with Gasteiger partial charge in [-0.3, -0.25) is 4.57 Å². The Labute approximate surface area is 111 Å². The van der Waals surface area contributed by atoms with Gasteiger partial charge in [0.2, 0.25) is 0 Å². The molecule has 1 heterocycles. The van der Waals surface area contributed by atoms with Crippen LogP contribution in [0, 0.1) is 0 Å². The number of rotatable bonds is 5. The van der Waals surface area contributed by atoms with Crippen LogP contribution >= 0.6 is 0 Å². The molecule has 102 valence electrons. The molecule has 6 heteroatoms. The lowest BCUT2D eigenvalue weighted by Crippen LogP contribution is -2.21. The molecule has 0 fully saturated rings. The Morgan fingerprint density at radius 3 is 2.58 bits per heavy atom. The summed E-state index contributed by atoms with van der Waals surface area (Å²) in [7, 11) is 3.20. The minimum atomic E-state index is -0.241. The van der Waals surface area contributed by atoms with Crippen molar-refractivity contribution in [3.8, 4) is 5.75 Å². The lowest BCUT2D eigenvalue weighted by molar-refractivity contribution is 0.108. The van der Waals surface area contributed by atoms with Crippen LogP contribution in [0.5, 0.6) is 5.75 Å². The van der Waals surface area contributed by atoms with Crippen molar-refractivity contribution in [1.29, 1.82) is 0 Å². The minimum Gasteiger partial charge on any atom is -0.497 e. The van der Waals surface area contributed by atoms with E-state index in [1.165, 1.54) is 0 Å². The standard InChI is InChI=1S/C13H17N3O3/c1-9(18-2)12-14-15-13(17)16(12)8-10-4-6-11(19-3)7-5-10/h4-7,9H,8H2,1-3H3,(H,15,17)/t9-/m0/s1. The van der Waals surface area contributed by atoms with Crippen LogP contribution in [0.25, 0.3) is 0 Å². The third kappa shape index (κ3) is 2.85. The number of aromatic amines is 1. The van der Waals surface area contributed by atoms with E-state index in [4.69, 9.17) is 9.47 Å². The predicted octanol–water partition coefficient (Wildman–Crippen LogP) is 1.34. The van der Waals surface area contributed by atoms with Gasteiger partial charge < -0.3 is 9.47 Å². The summed E-state index contributed by atoms with van der Waals surface area (Å²) in [6.07, 6.45) is -0.239. The molecule has 0 aliphatic carbocycles. The van der Waals surface area contributed by atoms with Crippen molar-refractivity contribution in [2.45, 2.75) is 19.6 Å². The highest BCUT2D eigenvalue weighted by molar-refractivity contribution is 5.27. The average Bonchev–Trinajstić information content (AvgIpc) is 2.80. The van der Waals surface area contributed by atoms with Gasteiger partial charge in [0.1, 0.15) is 11.9 Å². The number of hydrogen-bond acceptors (Lipinski definition) is 4. The maximum Gasteiger partial charge on any atom is 0.343 e. The summed E-state index contributed by atoms with van der Waals surface area (Å²) in [6.45, 7) is 2.29. The molecule has 19 heavy (non-hydrogen) atoms. The second-order valence-electron chi connectivity index (χ2n) is 4.20. The van der Waals surface area contributed by atoms with Gasteiger partial charge >= 0.3 is 5.69 Å². The molecule has 0 saturated heterocycles. The van der Waals surface area contributed by atoms with Gasteiger partial charge in [-0.2, -0.15) is 5.10 Å². The number of ether oxygens (including phenoxy) is 2. The molecule has 0 bridgehead atoms. The normalized spacial score (nSPS) is 12.4. The van der Waals surface area contributed by atoms with Crippen LogP contribution in [0.15, 0.2) is 29.1 Å². The van der Waals surface area contributed by atoms with Gasteiger partial charge in [0.05, 0.1) is 13.7 Å². The molecular weight excluding hydrogens is 246 g/mol. The molecule has 0 radical (unpaired) electrons. The Balaban J connectivity index is 2.27. The van der Waals surface area contributed by atoms with E-state index in [0.717, 1.165) is 11.3 Å². The third-order valence-electron chi connectivity index (χ3n) is 3.00. The second-order valence-corrected chi connectivity index (χ2v) is 4.20. The van der Waals surface area contributed by atoms with Gasteiger partial charge in [-0.1, -0.05) is 12.1 Å². The first-order chi connectivity index (χ1) is 9.15. The van der Waals surface area contributed by atoms with Gasteiger partial charge in [-0.25, -0.2) is 9.89 Å². The van der Waals surface area contributed by atoms with Crippen molar-refractivity contribution in [3.63, 3.8) is 0 Å². The fourth-order valence-electron chi connectivity index (χ4n) is 1.81. The van der Waals surface area contributed by atoms with Crippen LogP contribution in [-0.4, -0.2) is 29.0 Å². The van der Waals surface area contributed by atoms with E-state index < -0.39 is 0 Å². The third-order valence-corrected chi connectivity index (χ3v) is 3.00. The molecule has 1 N–H and O–H groups in total. The van der Waals surface area contributed by atoms with Gasteiger partial charge in [0.25, 0.3) is 0 Å². The van der Waals surface area contributed by atoms with Crippen LogP contribution in [0.3, 0.4) is 0 Å². The minimum absolute atomic E-state index is 0.239. The van der Waals surface area contributed by atoms with E-state index in [0.29, 0.717) is 12.4 Å². The summed E-state index contributed by atoms with van der Waals surface area (Å²) < 4.78 is 11.9. The SMILES string of the molecule is COc1ccc(Cn2c([C@H](C)OC)n[nH]c2=O)cc1. The van der Waals surface area contributed by atoms with Crippen molar-refractivity contribution in [3.05, 3.63) is 46.1 Å². The zero-order valence-electron chi connectivity index (χ0n) is 11.2. The molecule has 0 saturated carbocycles. The smallest absolute Gasteiger partial charge is 0.343 e. The maximum absolute atomic E-state index is 11.8. The fourth-order valence-corrected chi connectivity index (χ4v) is 1.81. The Hall–Kier alpha value is -2.08. The molecule has 0 amide bonds. The molecular formula is C13H17N3O3. The molecule has 1 aromatic carbocycles. The highest BCUT2D eigenvalue weighted by Crippen LogP contribution is 2.15. The fraction of sp³-hybridized carbons (Fsp3) is 0.385. The highest BCUT2D eigenvalue weighted by Gasteiger charge is 2.15. The van der Waals surface area contributed by atoms with E-state index in [9.17, 15) is 4.79 Å².